The van der Waals surface area contributed by atoms with E-state index in [-0.39, 0.29) is 37.1 Å². The van der Waals surface area contributed by atoms with Gasteiger partial charge in [-0.3, -0.25) is 9.58 Å². The second-order valence-corrected chi connectivity index (χ2v) is 10.6. The third-order valence-corrected chi connectivity index (χ3v) is 7.82. The molecule has 0 bridgehead atoms. The van der Waals surface area contributed by atoms with E-state index in [9.17, 15) is 18.4 Å². The van der Waals surface area contributed by atoms with E-state index in [4.69, 9.17) is 14.6 Å². The van der Waals surface area contributed by atoms with Crippen molar-refractivity contribution in [2.45, 2.75) is 56.0 Å². The van der Waals surface area contributed by atoms with Gasteiger partial charge in [-0.05, 0) is 31.7 Å². The van der Waals surface area contributed by atoms with Crippen LogP contribution < -0.4 is 9.47 Å². The third kappa shape index (κ3) is 5.47. The number of hydrogen-bond donors (Lipinski definition) is 2. The maximum Gasteiger partial charge on any atom is 0.451 e. The van der Waals surface area contributed by atoms with E-state index in [1.807, 2.05) is 23.1 Å². The van der Waals surface area contributed by atoms with Crippen molar-refractivity contribution in [1.29, 1.82) is 5.26 Å². The number of alkyl halides is 3. The zero-order valence-electron chi connectivity index (χ0n) is 22.5. The fourth-order valence-electron chi connectivity index (χ4n) is 5.77. The molecule has 1 saturated heterocycles. The van der Waals surface area contributed by atoms with Crippen LogP contribution in [0.1, 0.15) is 37.9 Å². The predicted octanol–water partition coefficient (Wildman–Crippen LogP) is 3.32. The second-order valence-electron chi connectivity index (χ2n) is 10.6. The van der Waals surface area contributed by atoms with Gasteiger partial charge in [0.2, 0.25) is 17.6 Å². The van der Waals surface area contributed by atoms with Crippen molar-refractivity contribution in [3.05, 3.63) is 42.9 Å². The normalized spacial score (nSPS) is 20.6. The minimum absolute atomic E-state index is 0.195. The number of nitrogens with one attached hydrogen (secondary N) is 1. The molecule has 2 fully saturated rings. The van der Waals surface area contributed by atoms with Gasteiger partial charge in [-0.15, -0.1) is 0 Å². The molecule has 0 aromatic carbocycles. The van der Waals surface area contributed by atoms with Crippen molar-refractivity contribution >= 4 is 11.0 Å². The van der Waals surface area contributed by atoms with Crippen LogP contribution in [0.2, 0.25) is 0 Å². The lowest BCUT2D eigenvalue weighted by Gasteiger charge is -2.53. The molecule has 0 unspecified atom stereocenters. The van der Waals surface area contributed by atoms with Crippen LogP contribution in [0.15, 0.2) is 37.1 Å². The van der Waals surface area contributed by atoms with Crippen LogP contribution in [0.25, 0.3) is 22.3 Å². The molecule has 2 aliphatic rings. The van der Waals surface area contributed by atoms with E-state index < -0.39 is 17.5 Å². The third-order valence-electron chi connectivity index (χ3n) is 7.82. The Kier molecular flexibility index (Phi) is 7.42. The van der Waals surface area contributed by atoms with Gasteiger partial charge in [-0.2, -0.15) is 33.5 Å². The van der Waals surface area contributed by atoms with Gasteiger partial charge in [0.1, 0.15) is 30.2 Å². The highest BCUT2D eigenvalue weighted by molar-refractivity contribution is 5.90. The lowest BCUT2D eigenvalue weighted by atomic mass is 9.82. The van der Waals surface area contributed by atoms with Crippen molar-refractivity contribution in [3.63, 3.8) is 0 Å². The molecule has 12 nitrogen and oxygen atoms in total. The van der Waals surface area contributed by atoms with Crippen LogP contribution in [0.4, 0.5) is 13.2 Å². The first-order valence-corrected chi connectivity index (χ1v) is 13.6. The van der Waals surface area contributed by atoms with Crippen LogP contribution in [0.3, 0.4) is 0 Å². The average molecular weight is 584 g/mol. The van der Waals surface area contributed by atoms with Crippen molar-refractivity contribution in [1.82, 2.24) is 39.6 Å². The number of rotatable bonds is 9. The first-order valence-electron chi connectivity index (χ1n) is 13.6. The van der Waals surface area contributed by atoms with Crippen LogP contribution in [-0.2, 0) is 11.7 Å². The Bertz CT molecular complexity index is 1580. The Labute approximate surface area is 238 Å². The maximum absolute atomic E-state index is 13.3. The summed E-state index contributed by atoms with van der Waals surface area (Å²) in [6, 6.07) is 5.71. The SMILES string of the molecule is N#CCC1(n2cc(-c3ncnc4[nH]ccc34)cn2)CN(C2CCC(Oc3cc(OCCO)nc(C(F)(F)F)n3)CC2)C1. The number of fused-ring (bicyclic) bond motifs is 1. The van der Waals surface area contributed by atoms with Gasteiger partial charge in [-0.25, -0.2) is 9.97 Å². The second kappa shape index (κ2) is 11.2. The minimum atomic E-state index is -4.76. The Morgan fingerprint density at radius 2 is 1.93 bits per heavy atom. The molecular weight excluding hydrogens is 555 g/mol. The van der Waals surface area contributed by atoms with Gasteiger partial charge in [-0.1, -0.05) is 0 Å². The van der Waals surface area contributed by atoms with E-state index in [1.54, 1.807) is 6.20 Å². The van der Waals surface area contributed by atoms with Gasteiger partial charge >= 0.3 is 6.18 Å². The van der Waals surface area contributed by atoms with Crippen molar-refractivity contribution in [3.8, 4) is 29.1 Å². The lowest BCUT2D eigenvalue weighted by molar-refractivity contribution is -0.145. The molecule has 4 aromatic rings. The summed E-state index contributed by atoms with van der Waals surface area (Å²) in [6.45, 7) is 0.763. The molecule has 0 radical (unpaired) electrons. The number of nitriles is 1. The lowest BCUT2D eigenvalue weighted by Crippen LogP contribution is -2.65. The number of aliphatic hydroxyl groups is 1. The minimum Gasteiger partial charge on any atom is -0.475 e. The van der Waals surface area contributed by atoms with Gasteiger partial charge in [0.05, 0.1) is 37.1 Å². The average Bonchev–Trinajstić information content (AvgIpc) is 3.64. The van der Waals surface area contributed by atoms with Gasteiger partial charge in [0.15, 0.2) is 0 Å². The Morgan fingerprint density at radius 3 is 2.67 bits per heavy atom. The highest BCUT2D eigenvalue weighted by Crippen LogP contribution is 2.39. The number of H-pyrrole nitrogens is 1. The highest BCUT2D eigenvalue weighted by atomic mass is 19.4. The van der Waals surface area contributed by atoms with E-state index in [2.05, 4.69) is 41.0 Å². The summed E-state index contributed by atoms with van der Waals surface area (Å²) in [4.78, 5) is 21.0. The smallest absolute Gasteiger partial charge is 0.451 e. The number of hydrogen-bond acceptors (Lipinski definition) is 10. The number of aromatic nitrogens is 7. The van der Waals surface area contributed by atoms with Crippen LogP contribution in [-0.4, -0.2) is 83.2 Å². The fourth-order valence-corrected chi connectivity index (χ4v) is 5.77. The maximum atomic E-state index is 13.3. The number of halogens is 3. The van der Waals surface area contributed by atoms with E-state index in [0.717, 1.165) is 35.1 Å². The molecule has 15 heteroatoms. The molecular formula is C27H28F3N9O3. The Morgan fingerprint density at radius 1 is 1.14 bits per heavy atom. The Balaban J connectivity index is 1.09. The zero-order valence-corrected chi connectivity index (χ0v) is 22.5. The molecule has 0 atom stereocenters. The summed E-state index contributed by atoms with van der Waals surface area (Å²) in [5.41, 5.74) is 1.90. The van der Waals surface area contributed by atoms with Gasteiger partial charge in [0.25, 0.3) is 0 Å². The molecule has 5 heterocycles. The first-order chi connectivity index (χ1) is 20.3. The number of aliphatic hydroxyl groups excluding tert-OH is 1. The highest BCUT2D eigenvalue weighted by Gasteiger charge is 2.48. The summed E-state index contributed by atoms with van der Waals surface area (Å²) < 4.78 is 52.6. The van der Waals surface area contributed by atoms with E-state index in [0.29, 0.717) is 32.4 Å². The molecule has 0 spiro atoms. The largest absolute Gasteiger partial charge is 0.475 e. The van der Waals surface area contributed by atoms with E-state index in [1.165, 1.54) is 12.4 Å². The zero-order chi connectivity index (χ0) is 29.3. The van der Waals surface area contributed by atoms with E-state index >= 15 is 0 Å². The number of aromatic amines is 1. The summed E-state index contributed by atoms with van der Waals surface area (Å²) in [7, 11) is 0. The molecule has 2 N–H and O–H groups in total. The summed E-state index contributed by atoms with van der Waals surface area (Å²) >= 11 is 0. The number of ether oxygens (including phenoxy) is 2. The quantitative estimate of drug-likeness (QED) is 0.300. The van der Waals surface area contributed by atoms with Crippen LogP contribution in [0, 0.1) is 11.3 Å². The molecule has 0 amide bonds. The molecule has 6 rings (SSSR count). The first kappa shape index (κ1) is 27.9. The number of likely N-dealkylation sites (tertiary alicyclic amines) is 1. The fraction of sp³-hybridized carbons (Fsp3) is 0.481. The summed E-state index contributed by atoms with van der Waals surface area (Å²) in [6.07, 6.45) is 5.10. The standard InChI is InChI=1S/C27H28F3N9O3/c28-27(29,30)25-36-21(41-10-9-40)11-22(37-25)42-19-3-1-18(2-4-19)38-14-26(15-38,6-7-31)39-13-17(12-35-39)23-20-5-8-32-24(20)34-16-33-23/h5,8,11-13,16,18-19,40H,1-4,6,9-10,14-15H2,(H,32,33,34). The van der Waals surface area contributed by atoms with Crippen molar-refractivity contribution in [2.24, 2.45) is 0 Å². The summed E-state index contributed by atoms with van der Waals surface area (Å²) in [5, 5.41) is 24.1. The molecule has 220 valence electrons. The summed E-state index contributed by atoms with van der Waals surface area (Å²) in [5.74, 6) is -1.86. The molecule has 1 saturated carbocycles. The molecule has 42 heavy (non-hydrogen) atoms. The van der Waals surface area contributed by atoms with Crippen molar-refractivity contribution < 1.29 is 27.8 Å². The molecule has 1 aliphatic carbocycles. The monoisotopic (exact) mass is 583 g/mol. The Hall–Kier alpha value is -4.29. The van der Waals surface area contributed by atoms with Crippen molar-refractivity contribution in [2.75, 3.05) is 26.3 Å². The number of nitrogens with zero attached hydrogens (tertiary/aromatic N) is 8. The molecule has 4 aromatic heterocycles. The van der Waals surface area contributed by atoms with Crippen LogP contribution >= 0.6 is 0 Å². The van der Waals surface area contributed by atoms with Gasteiger partial charge in [0, 0.05) is 42.5 Å². The molecule has 1 aliphatic heterocycles. The van der Waals surface area contributed by atoms with Crippen LogP contribution in [0.5, 0.6) is 11.8 Å². The topological polar surface area (TPSA) is 151 Å². The van der Waals surface area contributed by atoms with Gasteiger partial charge < -0.3 is 19.6 Å². The predicted molar refractivity (Wildman–Crippen MR) is 141 cm³/mol.